The normalized spacial score (nSPS) is 15.9. The van der Waals surface area contributed by atoms with Crippen LogP contribution < -0.4 is 27.2 Å². The highest BCUT2D eigenvalue weighted by Crippen LogP contribution is 2.26. The van der Waals surface area contributed by atoms with Gasteiger partial charge in [-0.15, -0.1) is 0 Å². The number of hydrogen-bond acceptors (Lipinski definition) is 8. The van der Waals surface area contributed by atoms with Crippen LogP contribution in [0.1, 0.15) is 47.3 Å². The maximum Gasteiger partial charge on any atom is 0.326 e. The number of fused-ring (bicyclic) bond motifs is 1. The van der Waals surface area contributed by atoms with E-state index in [-0.39, 0.29) is 23.5 Å². The van der Waals surface area contributed by atoms with Crippen molar-refractivity contribution >= 4 is 23.6 Å². The molecule has 0 radical (unpaired) electrons. The minimum atomic E-state index is -0.514. The van der Waals surface area contributed by atoms with E-state index in [1.54, 1.807) is 16.8 Å². The van der Waals surface area contributed by atoms with Crippen molar-refractivity contribution < 1.29 is 9.90 Å². The van der Waals surface area contributed by atoms with Gasteiger partial charge in [-0.3, -0.25) is 9.78 Å². The number of carbonyl (C=O) groups excluding carboxylic acids is 1. The van der Waals surface area contributed by atoms with E-state index in [1.807, 2.05) is 48.5 Å². The van der Waals surface area contributed by atoms with Gasteiger partial charge in [-0.1, -0.05) is 36.4 Å². The molecule has 2 saturated carbocycles. The molecule has 0 unspecified atom stereocenters. The average molecular weight is 550 g/mol. The van der Waals surface area contributed by atoms with Gasteiger partial charge in [0.25, 0.3) is 11.5 Å². The molecule has 2 aliphatic rings. The molecular formula is C29H27N9O3. The Bertz CT molecular complexity index is 1970. The predicted octanol–water partition coefficient (Wildman–Crippen LogP) is 1.63. The summed E-state index contributed by atoms with van der Waals surface area (Å²) in [7, 11) is 0. The second kappa shape index (κ2) is 10.0. The number of H-pyrrole nitrogens is 2. The summed E-state index contributed by atoms with van der Waals surface area (Å²) in [5, 5.41) is 21.4. The molecule has 12 heteroatoms. The second-order valence-corrected chi connectivity index (χ2v) is 10.4. The van der Waals surface area contributed by atoms with E-state index in [1.165, 1.54) is 0 Å². The number of carbonyl (C=O) groups is 1. The number of nitrogens with zero attached hydrogens (tertiary/aromatic N) is 5. The van der Waals surface area contributed by atoms with Crippen molar-refractivity contribution in [2.24, 2.45) is 4.99 Å². The van der Waals surface area contributed by atoms with Gasteiger partial charge in [0.2, 0.25) is 11.8 Å². The molecule has 0 aliphatic heterocycles. The summed E-state index contributed by atoms with van der Waals surface area (Å²) in [6, 6.07) is 16.1. The first-order valence-corrected chi connectivity index (χ1v) is 13.6. The van der Waals surface area contributed by atoms with Crippen LogP contribution in [0, 0.1) is 0 Å². The summed E-state index contributed by atoms with van der Waals surface area (Å²) < 4.78 is 1.56. The third-order valence-corrected chi connectivity index (χ3v) is 7.06. The van der Waals surface area contributed by atoms with Crippen LogP contribution in [0.25, 0.3) is 22.9 Å². The Kier molecular flexibility index (Phi) is 6.07. The molecule has 3 aromatic heterocycles. The lowest BCUT2D eigenvalue weighted by molar-refractivity contribution is 0.0951. The van der Waals surface area contributed by atoms with Crippen LogP contribution in [0.5, 0.6) is 5.88 Å². The molecule has 206 valence electrons. The van der Waals surface area contributed by atoms with Crippen LogP contribution in [-0.2, 0) is 6.54 Å². The third kappa shape index (κ3) is 5.31. The topological polar surface area (TPSA) is 165 Å². The number of imidazole rings is 1. The number of hydrogen-bond donors (Lipinski definition) is 5. The molecule has 0 spiro atoms. The molecule has 12 nitrogen and oxygen atoms in total. The van der Waals surface area contributed by atoms with Crippen LogP contribution in [-0.4, -0.2) is 52.6 Å². The van der Waals surface area contributed by atoms with Crippen LogP contribution in [0.2, 0.25) is 0 Å². The number of aromatic amines is 2. The maximum absolute atomic E-state index is 12.6. The molecule has 0 atom stereocenters. The first-order valence-electron chi connectivity index (χ1n) is 13.6. The Labute approximate surface area is 232 Å². The fraction of sp³-hybridized carbons (Fsp3) is 0.241. The summed E-state index contributed by atoms with van der Waals surface area (Å²) in [6.07, 6.45) is 7.25. The number of aromatic hydroxyl groups is 1. The average Bonchev–Trinajstić information content (AvgIpc) is 3.90. The van der Waals surface area contributed by atoms with E-state index in [0.717, 1.165) is 42.4 Å². The standard InChI is InChI=1S/C29H27N9O3/c39-25(32-20-8-9-20)17-6-3-5-16(12-17)22-7-2-1-4-18(22)14-30-27-35-24-19(13-23-26(40)36-29(41)34-23)15-31-38(24)28(37-27)33-21-10-11-21/h1-7,12-13,15,20-21,40H,8-11,14H2,(H,32,39)(H,30,33,37)(H2,34,36,41). The number of benzene rings is 2. The highest BCUT2D eigenvalue weighted by Gasteiger charge is 2.24. The quantitative estimate of drug-likeness (QED) is 0.196. The van der Waals surface area contributed by atoms with Crippen molar-refractivity contribution in [1.82, 2.24) is 34.9 Å². The minimum Gasteiger partial charge on any atom is -0.493 e. The molecule has 0 bridgehead atoms. The number of aromatic nitrogens is 6. The zero-order valence-corrected chi connectivity index (χ0v) is 22.0. The van der Waals surface area contributed by atoms with E-state index < -0.39 is 5.69 Å². The van der Waals surface area contributed by atoms with Gasteiger partial charge >= 0.3 is 5.69 Å². The zero-order chi connectivity index (χ0) is 27.9. The third-order valence-electron chi connectivity index (χ3n) is 7.06. The molecule has 41 heavy (non-hydrogen) atoms. The van der Waals surface area contributed by atoms with Crippen molar-refractivity contribution in [1.29, 1.82) is 0 Å². The first kappa shape index (κ1) is 24.8. The van der Waals surface area contributed by atoms with Crippen LogP contribution in [0.4, 0.5) is 5.95 Å². The Hall–Kier alpha value is -5.26. The van der Waals surface area contributed by atoms with Gasteiger partial charge in [0, 0.05) is 23.4 Å². The zero-order valence-electron chi connectivity index (χ0n) is 22.0. The number of anilines is 1. The highest BCUT2D eigenvalue weighted by molar-refractivity contribution is 5.96. The molecule has 7 rings (SSSR count). The SMILES string of the molecule is O=C(NC1CC1)c1cccc(-c2ccccc2CNc2nc(=NC3CC3)n3ncc(=Cc4[nH]c(=O)[nH]c4O)c3n2)c1. The lowest BCUT2D eigenvalue weighted by Gasteiger charge is -2.12. The minimum absolute atomic E-state index is 0.0518. The van der Waals surface area contributed by atoms with E-state index in [2.05, 4.69) is 30.7 Å². The number of rotatable bonds is 8. The van der Waals surface area contributed by atoms with Gasteiger partial charge in [0.1, 0.15) is 5.69 Å². The molecule has 5 N–H and O–H groups in total. The van der Waals surface area contributed by atoms with Crippen LogP contribution >= 0.6 is 0 Å². The highest BCUT2D eigenvalue weighted by atomic mass is 16.3. The molecule has 3 heterocycles. The van der Waals surface area contributed by atoms with E-state index in [4.69, 9.17) is 9.98 Å². The summed E-state index contributed by atoms with van der Waals surface area (Å²) in [5.41, 5.74) is 4.19. The largest absolute Gasteiger partial charge is 0.493 e. The lowest BCUT2D eigenvalue weighted by Crippen LogP contribution is -2.25. The number of amides is 1. The van der Waals surface area contributed by atoms with Gasteiger partial charge < -0.3 is 20.7 Å². The monoisotopic (exact) mass is 549 g/mol. The van der Waals surface area contributed by atoms with Crippen molar-refractivity contribution in [3.63, 3.8) is 0 Å². The van der Waals surface area contributed by atoms with Gasteiger partial charge in [-0.2, -0.15) is 19.6 Å². The first-order chi connectivity index (χ1) is 20.0. The Morgan fingerprint density at radius 1 is 1.10 bits per heavy atom. The van der Waals surface area contributed by atoms with Crippen molar-refractivity contribution in [2.45, 2.75) is 44.3 Å². The van der Waals surface area contributed by atoms with Crippen LogP contribution in [0.15, 0.2) is 64.5 Å². The molecular weight excluding hydrogens is 522 g/mol. The lowest BCUT2D eigenvalue weighted by atomic mass is 9.98. The van der Waals surface area contributed by atoms with Gasteiger partial charge in [-0.25, -0.2) is 9.79 Å². The smallest absolute Gasteiger partial charge is 0.326 e. The van der Waals surface area contributed by atoms with E-state index in [9.17, 15) is 14.7 Å². The second-order valence-electron chi connectivity index (χ2n) is 10.4. The van der Waals surface area contributed by atoms with Crippen LogP contribution in [0.3, 0.4) is 0 Å². The van der Waals surface area contributed by atoms with Crippen molar-refractivity contribution in [3.8, 4) is 17.0 Å². The van der Waals surface area contributed by atoms with E-state index in [0.29, 0.717) is 40.6 Å². The van der Waals surface area contributed by atoms with Crippen molar-refractivity contribution in [3.05, 3.63) is 92.9 Å². The fourth-order valence-electron chi connectivity index (χ4n) is 4.61. The Balaban J connectivity index is 1.22. The number of nitrogens with one attached hydrogen (secondary N) is 4. The van der Waals surface area contributed by atoms with Gasteiger partial charge in [-0.05, 0) is 60.6 Å². The molecule has 5 aromatic rings. The Morgan fingerprint density at radius 2 is 1.95 bits per heavy atom. The summed E-state index contributed by atoms with van der Waals surface area (Å²) in [5.74, 6) is 0.0468. The maximum atomic E-state index is 12.6. The fourth-order valence-corrected chi connectivity index (χ4v) is 4.61. The molecule has 0 saturated heterocycles. The molecule has 2 aliphatic carbocycles. The molecule has 2 aromatic carbocycles. The Morgan fingerprint density at radius 3 is 2.73 bits per heavy atom. The van der Waals surface area contributed by atoms with Gasteiger partial charge in [0.05, 0.1) is 12.2 Å². The van der Waals surface area contributed by atoms with Crippen molar-refractivity contribution in [2.75, 3.05) is 5.32 Å². The summed E-state index contributed by atoms with van der Waals surface area (Å²) in [6.45, 7) is 0.423. The predicted molar refractivity (Wildman–Crippen MR) is 151 cm³/mol. The molecule has 1 amide bonds. The van der Waals surface area contributed by atoms with Gasteiger partial charge in [0.15, 0.2) is 5.65 Å². The molecule has 2 fully saturated rings. The summed E-state index contributed by atoms with van der Waals surface area (Å²) >= 11 is 0. The summed E-state index contributed by atoms with van der Waals surface area (Å²) in [4.78, 5) is 43.2. The van der Waals surface area contributed by atoms with E-state index >= 15 is 0 Å².